The van der Waals surface area contributed by atoms with Crippen molar-refractivity contribution in [2.45, 2.75) is 17.6 Å². The Balaban J connectivity index is 1.90. The lowest BCUT2D eigenvalue weighted by Crippen LogP contribution is -2.57. The van der Waals surface area contributed by atoms with Crippen molar-refractivity contribution in [1.29, 1.82) is 0 Å². The maximum Gasteiger partial charge on any atom is 0.241 e. The van der Waals surface area contributed by atoms with E-state index < -0.39 is 32.1 Å². The third kappa shape index (κ3) is 4.02. The number of hydrogen-bond acceptors (Lipinski definition) is 5. The Morgan fingerprint density at radius 2 is 1.96 bits per heavy atom. The van der Waals surface area contributed by atoms with E-state index in [1.54, 1.807) is 0 Å². The molecule has 0 radical (unpaired) electrons. The first-order chi connectivity index (χ1) is 11.3. The van der Waals surface area contributed by atoms with Crippen LogP contribution in [0.5, 0.6) is 5.75 Å². The van der Waals surface area contributed by atoms with Gasteiger partial charge in [0.05, 0.1) is 6.54 Å². The second kappa shape index (κ2) is 7.43. The molecule has 1 aliphatic heterocycles. The van der Waals surface area contributed by atoms with Crippen molar-refractivity contribution in [2.75, 3.05) is 32.5 Å². The van der Waals surface area contributed by atoms with Crippen molar-refractivity contribution in [3.8, 4) is 5.75 Å². The Morgan fingerprint density at radius 1 is 1.29 bits per heavy atom. The maximum atomic E-state index is 13.0. The number of ether oxygens (including phenoxy) is 1. The molecule has 1 aliphatic rings. The molecule has 2 rings (SSSR count). The van der Waals surface area contributed by atoms with Gasteiger partial charge in [-0.3, -0.25) is 4.79 Å². The maximum absolute atomic E-state index is 13.0. The lowest BCUT2D eigenvalue weighted by Gasteiger charge is -2.34. The summed E-state index contributed by atoms with van der Waals surface area (Å²) in [6.07, 6.45) is 1.49. The minimum Gasteiger partial charge on any atom is -0.492 e. The molecular weight excluding hydrogens is 342 g/mol. The zero-order chi connectivity index (χ0) is 17.8. The Hall–Kier alpha value is -1.74. The molecular formula is C15H20F2N2O4S. The van der Waals surface area contributed by atoms with E-state index in [0.717, 1.165) is 18.4 Å². The minimum atomic E-state index is -3.57. The number of benzene rings is 1. The fraction of sp³-hybridized carbons (Fsp3) is 0.533. The average Bonchev–Trinajstić information content (AvgIpc) is 2.54. The van der Waals surface area contributed by atoms with Gasteiger partial charge in [-0.1, -0.05) is 0 Å². The van der Waals surface area contributed by atoms with Crippen molar-refractivity contribution in [1.82, 2.24) is 10.6 Å². The van der Waals surface area contributed by atoms with Gasteiger partial charge in [0.25, 0.3) is 0 Å². The normalized spacial score (nSPS) is 17.3. The van der Waals surface area contributed by atoms with Gasteiger partial charge >= 0.3 is 0 Å². The predicted octanol–water partition coefficient (Wildman–Crippen LogP) is 0.627. The van der Waals surface area contributed by atoms with Gasteiger partial charge in [0.2, 0.25) is 5.91 Å². The number of rotatable bonds is 6. The number of piperidine rings is 1. The van der Waals surface area contributed by atoms with Gasteiger partial charge in [-0.05, 0) is 38.1 Å². The number of sulfone groups is 1. The zero-order valence-corrected chi connectivity index (χ0v) is 14.1. The summed E-state index contributed by atoms with van der Waals surface area (Å²) in [5.74, 6) is -2.43. The van der Waals surface area contributed by atoms with E-state index in [2.05, 4.69) is 10.6 Å². The van der Waals surface area contributed by atoms with Gasteiger partial charge in [0, 0.05) is 12.3 Å². The van der Waals surface area contributed by atoms with Crippen LogP contribution in [0.3, 0.4) is 0 Å². The molecule has 24 heavy (non-hydrogen) atoms. The van der Waals surface area contributed by atoms with Gasteiger partial charge in [0.15, 0.2) is 26.2 Å². The first kappa shape index (κ1) is 18.6. The van der Waals surface area contributed by atoms with Gasteiger partial charge in [0.1, 0.15) is 12.4 Å². The van der Waals surface area contributed by atoms with E-state index in [4.69, 9.17) is 4.74 Å². The molecule has 1 heterocycles. The van der Waals surface area contributed by atoms with Crippen LogP contribution >= 0.6 is 0 Å². The molecule has 1 fully saturated rings. The van der Waals surface area contributed by atoms with Crippen molar-refractivity contribution in [3.63, 3.8) is 0 Å². The highest BCUT2D eigenvalue weighted by Gasteiger charge is 2.48. The number of amides is 1. The largest absolute Gasteiger partial charge is 0.492 e. The predicted molar refractivity (Wildman–Crippen MR) is 84.5 cm³/mol. The van der Waals surface area contributed by atoms with Gasteiger partial charge in [-0.15, -0.1) is 0 Å². The Labute approximate surface area is 139 Å². The lowest BCUT2D eigenvalue weighted by molar-refractivity contribution is -0.124. The van der Waals surface area contributed by atoms with Crippen LogP contribution < -0.4 is 15.4 Å². The molecule has 0 aromatic heterocycles. The Bertz CT molecular complexity index is 703. The van der Waals surface area contributed by atoms with E-state index in [-0.39, 0.29) is 31.7 Å². The number of halogens is 2. The van der Waals surface area contributed by atoms with E-state index in [1.165, 1.54) is 6.07 Å². The highest BCUT2D eigenvalue weighted by Crippen LogP contribution is 2.27. The molecule has 9 heteroatoms. The van der Waals surface area contributed by atoms with E-state index in [0.29, 0.717) is 13.1 Å². The Morgan fingerprint density at radius 3 is 2.54 bits per heavy atom. The molecule has 0 aliphatic carbocycles. The second-order valence-corrected chi connectivity index (χ2v) is 8.02. The average molecular weight is 362 g/mol. The summed E-state index contributed by atoms with van der Waals surface area (Å²) < 4.78 is 53.8. The smallest absolute Gasteiger partial charge is 0.241 e. The molecule has 0 bridgehead atoms. The molecule has 1 amide bonds. The van der Waals surface area contributed by atoms with Crippen LogP contribution in [0.15, 0.2) is 18.2 Å². The summed E-state index contributed by atoms with van der Waals surface area (Å²) in [5, 5.41) is 5.59. The molecule has 0 unspecified atom stereocenters. The molecule has 1 aromatic rings. The van der Waals surface area contributed by atoms with Crippen molar-refractivity contribution in [3.05, 3.63) is 29.8 Å². The molecule has 0 spiro atoms. The minimum absolute atomic E-state index is 0.00883. The highest BCUT2D eigenvalue weighted by atomic mass is 32.2. The first-order valence-corrected chi connectivity index (χ1v) is 9.42. The first-order valence-electron chi connectivity index (χ1n) is 7.53. The van der Waals surface area contributed by atoms with Crippen LogP contribution in [0.25, 0.3) is 0 Å². The van der Waals surface area contributed by atoms with Gasteiger partial charge in [-0.2, -0.15) is 0 Å². The van der Waals surface area contributed by atoms with Crippen LogP contribution in [-0.4, -0.2) is 51.6 Å². The van der Waals surface area contributed by atoms with Gasteiger partial charge in [-0.25, -0.2) is 17.2 Å². The summed E-state index contributed by atoms with van der Waals surface area (Å²) in [6, 6.07) is 3.11. The SMILES string of the molecule is CS(=O)(=O)C1(C(=O)NCCOc2ccc(F)c(F)c2)CCNCC1. The quantitative estimate of drug-likeness (QED) is 0.725. The molecule has 0 saturated carbocycles. The van der Waals surface area contributed by atoms with Crippen LogP contribution in [0.4, 0.5) is 8.78 Å². The molecule has 1 aromatic carbocycles. The van der Waals surface area contributed by atoms with E-state index >= 15 is 0 Å². The third-order valence-corrected chi connectivity index (χ3v) is 6.10. The number of nitrogens with one attached hydrogen (secondary N) is 2. The van der Waals surface area contributed by atoms with Crippen LogP contribution in [0, 0.1) is 11.6 Å². The standard InChI is InChI=1S/C15H20F2N2O4S/c1-24(21,22)15(4-6-18-7-5-15)14(20)19-8-9-23-11-2-3-12(16)13(17)10-11/h2-3,10,18H,4-9H2,1H3,(H,19,20). The second-order valence-electron chi connectivity index (χ2n) is 5.70. The van der Waals surface area contributed by atoms with Crippen molar-refractivity contribution in [2.24, 2.45) is 0 Å². The topological polar surface area (TPSA) is 84.5 Å². The molecule has 2 N–H and O–H groups in total. The fourth-order valence-corrected chi connectivity index (χ4v) is 4.01. The van der Waals surface area contributed by atoms with Crippen LogP contribution in [0.1, 0.15) is 12.8 Å². The summed E-state index contributed by atoms with van der Waals surface area (Å²) in [7, 11) is -3.57. The van der Waals surface area contributed by atoms with Gasteiger partial charge < -0.3 is 15.4 Å². The zero-order valence-electron chi connectivity index (χ0n) is 13.3. The lowest BCUT2D eigenvalue weighted by atomic mass is 9.96. The fourth-order valence-electron chi connectivity index (χ4n) is 2.66. The van der Waals surface area contributed by atoms with Crippen LogP contribution in [0.2, 0.25) is 0 Å². The van der Waals surface area contributed by atoms with Crippen molar-refractivity contribution < 1.29 is 26.7 Å². The van der Waals surface area contributed by atoms with Crippen LogP contribution in [-0.2, 0) is 14.6 Å². The summed E-state index contributed by atoms with van der Waals surface area (Å²) in [4.78, 5) is 12.4. The summed E-state index contributed by atoms with van der Waals surface area (Å²) >= 11 is 0. The van der Waals surface area contributed by atoms with Crippen molar-refractivity contribution >= 4 is 15.7 Å². The highest BCUT2D eigenvalue weighted by molar-refractivity contribution is 7.92. The van der Waals surface area contributed by atoms with E-state index in [9.17, 15) is 22.0 Å². The molecule has 1 saturated heterocycles. The molecule has 134 valence electrons. The Kier molecular flexibility index (Phi) is 5.76. The summed E-state index contributed by atoms with van der Waals surface area (Å²) in [5.41, 5.74) is 0. The summed E-state index contributed by atoms with van der Waals surface area (Å²) in [6.45, 7) is 0.967. The monoisotopic (exact) mass is 362 g/mol. The molecule has 0 atom stereocenters. The van der Waals surface area contributed by atoms with E-state index in [1.807, 2.05) is 0 Å². The number of carbonyl (C=O) groups excluding carboxylic acids is 1. The molecule has 6 nitrogen and oxygen atoms in total. The number of carbonyl (C=O) groups is 1. The third-order valence-electron chi connectivity index (χ3n) is 4.08. The number of hydrogen-bond donors (Lipinski definition) is 2.